The Labute approximate surface area is 88.5 Å². The molecule has 3 rings (SSSR count). The third-order valence-electron chi connectivity index (χ3n) is 2.93. The Morgan fingerprint density at radius 3 is 3.00 bits per heavy atom. The fourth-order valence-corrected chi connectivity index (χ4v) is 2.15. The summed E-state index contributed by atoms with van der Waals surface area (Å²) < 4.78 is 0. The van der Waals surface area contributed by atoms with E-state index in [1.54, 1.807) is 4.90 Å². The fourth-order valence-electron chi connectivity index (χ4n) is 2.15. The lowest BCUT2D eigenvalue weighted by Gasteiger charge is -2.19. The van der Waals surface area contributed by atoms with E-state index in [9.17, 15) is 4.79 Å². The van der Waals surface area contributed by atoms with Gasteiger partial charge in [-0.1, -0.05) is 30.3 Å². The maximum Gasteiger partial charge on any atom is 0.231 e. The van der Waals surface area contributed by atoms with E-state index in [0.717, 1.165) is 5.56 Å². The SMILES string of the molecule is O=C1Cc2ccccc2C2=CC=CN1C2. The lowest BCUT2D eigenvalue weighted by atomic mass is 9.98. The summed E-state index contributed by atoms with van der Waals surface area (Å²) in [7, 11) is 0. The largest absolute Gasteiger partial charge is 0.314 e. The number of hydrogen-bond donors (Lipinski definition) is 0. The first-order valence-corrected chi connectivity index (χ1v) is 5.10. The van der Waals surface area contributed by atoms with Crippen LogP contribution >= 0.6 is 0 Å². The molecule has 0 spiro atoms. The molecule has 0 radical (unpaired) electrons. The van der Waals surface area contributed by atoms with Crippen molar-refractivity contribution < 1.29 is 4.79 Å². The Morgan fingerprint density at radius 1 is 1.20 bits per heavy atom. The maximum atomic E-state index is 11.8. The molecule has 74 valence electrons. The van der Waals surface area contributed by atoms with Gasteiger partial charge in [0.05, 0.1) is 13.0 Å². The van der Waals surface area contributed by atoms with Gasteiger partial charge in [0.1, 0.15) is 0 Å². The second kappa shape index (κ2) is 3.09. The van der Waals surface area contributed by atoms with Crippen molar-refractivity contribution in [2.75, 3.05) is 6.54 Å². The molecule has 0 aromatic heterocycles. The molecule has 2 nitrogen and oxygen atoms in total. The molecule has 2 aliphatic rings. The van der Waals surface area contributed by atoms with Crippen molar-refractivity contribution in [3.8, 4) is 0 Å². The van der Waals surface area contributed by atoms with Crippen LogP contribution in [0.2, 0.25) is 0 Å². The highest BCUT2D eigenvalue weighted by molar-refractivity contribution is 5.88. The highest BCUT2D eigenvalue weighted by atomic mass is 16.2. The highest BCUT2D eigenvalue weighted by Gasteiger charge is 2.22. The van der Waals surface area contributed by atoms with E-state index >= 15 is 0 Å². The molecule has 0 saturated carbocycles. The topological polar surface area (TPSA) is 20.3 Å². The van der Waals surface area contributed by atoms with E-state index in [-0.39, 0.29) is 5.91 Å². The first-order valence-electron chi connectivity index (χ1n) is 5.10. The summed E-state index contributed by atoms with van der Waals surface area (Å²) in [6.07, 6.45) is 6.41. The zero-order chi connectivity index (χ0) is 10.3. The van der Waals surface area contributed by atoms with Crippen LogP contribution in [0.25, 0.3) is 5.57 Å². The molecule has 2 aliphatic heterocycles. The number of carbonyl (C=O) groups excluding carboxylic acids is 1. The van der Waals surface area contributed by atoms with Crippen molar-refractivity contribution in [1.29, 1.82) is 0 Å². The smallest absolute Gasteiger partial charge is 0.231 e. The molecule has 0 atom stereocenters. The number of rotatable bonds is 0. The monoisotopic (exact) mass is 197 g/mol. The average Bonchev–Trinajstić information content (AvgIpc) is 2.37. The number of nitrogens with zero attached hydrogens (tertiary/aromatic N) is 1. The molecule has 0 saturated heterocycles. The molecule has 0 N–H and O–H groups in total. The lowest BCUT2D eigenvalue weighted by Crippen LogP contribution is -2.27. The van der Waals surface area contributed by atoms with Crippen LogP contribution in [-0.2, 0) is 11.2 Å². The molecule has 1 amide bonds. The summed E-state index contributed by atoms with van der Waals surface area (Å²) in [5.41, 5.74) is 3.59. The normalized spacial score (nSPS) is 18.3. The second-order valence-electron chi connectivity index (χ2n) is 3.89. The van der Waals surface area contributed by atoms with E-state index in [1.165, 1.54) is 11.1 Å². The predicted octanol–water partition coefficient (Wildman–Crippen LogP) is 1.98. The Morgan fingerprint density at radius 2 is 2.07 bits per heavy atom. The van der Waals surface area contributed by atoms with Gasteiger partial charge in [0, 0.05) is 6.20 Å². The van der Waals surface area contributed by atoms with Crippen molar-refractivity contribution in [1.82, 2.24) is 4.90 Å². The van der Waals surface area contributed by atoms with Crippen molar-refractivity contribution >= 4 is 11.5 Å². The van der Waals surface area contributed by atoms with Crippen LogP contribution in [-0.4, -0.2) is 17.4 Å². The van der Waals surface area contributed by atoms with Gasteiger partial charge in [-0.05, 0) is 22.8 Å². The minimum absolute atomic E-state index is 0.182. The van der Waals surface area contributed by atoms with Crippen LogP contribution in [0, 0.1) is 0 Å². The molecule has 1 aromatic rings. The Balaban J connectivity index is 2.21. The Hall–Kier alpha value is -1.83. The van der Waals surface area contributed by atoms with Gasteiger partial charge in [-0.3, -0.25) is 4.79 Å². The molecule has 2 heteroatoms. The molecule has 1 aromatic carbocycles. The van der Waals surface area contributed by atoms with E-state index in [4.69, 9.17) is 0 Å². The Kier molecular flexibility index (Phi) is 1.75. The van der Waals surface area contributed by atoms with Crippen LogP contribution in [0.1, 0.15) is 11.1 Å². The summed E-state index contributed by atoms with van der Waals surface area (Å²) in [5.74, 6) is 0.182. The van der Waals surface area contributed by atoms with Gasteiger partial charge in [-0.2, -0.15) is 0 Å². The molecule has 15 heavy (non-hydrogen) atoms. The van der Waals surface area contributed by atoms with Gasteiger partial charge >= 0.3 is 0 Å². The second-order valence-corrected chi connectivity index (χ2v) is 3.89. The predicted molar refractivity (Wildman–Crippen MR) is 59.0 cm³/mol. The molecule has 2 heterocycles. The minimum atomic E-state index is 0.182. The number of hydrogen-bond acceptors (Lipinski definition) is 1. The molecule has 0 fully saturated rings. The van der Waals surface area contributed by atoms with E-state index < -0.39 is 0 Å². The van der Waals surface area contributed by atoms with Crippen molar-refractivity contribution in [2.24, 2.45) is 0 Å². The van der Waals surface area contributed by atoms with Crippen molar-refractivity contribution in [3.63, 3.8) is 0 Å². The van der Waals surface area contributed by atoms with E-state index in [1.807, 2.05) is 30.5 Å². The van der Waals surface area contributed by atoms with Gasteiger partial charge < -0.3 is 4.90 Å². The first-order chi connectivity index (χ1) is 7.34. The third-order valence-corrected chi connectivity index (χ3v) is 2.93. The summed E-state index contributed by atoms with van der Waals surface area (Å²) in [6, 6.07) is 8.15. The summed E-state index contributed by atoms with van der Waals surface area (Å²) >= 11 is 0. The minimum Gasteiger partial charge on any atom is -0.314 e. The molecular formula is C13H11NO. The van der Waals surface area contributed by atoms with Gasteiger partial charge in [-0.15, -0.1) is 0 Å². The number of amides is 1. The fraction of sp³-hybridized carbons (Fsp3) is 0.154. The summed E-state index contributed by atoms with van der Waals surface area (Å²) in [6.45, 7) is 0.715. The van der Waals surface area contributed by atoms with Crippen molar-refractivity contribution in [2.45, 2.75) is 6.42 Å². The zero-order valence-electron chi connectivity index (χ0n) is 8.31. The van der Waals surface area contributed by atoms with E-state index in [0.29, 0.717) is 13.0 Å². The molecule has 2 bridgehead atoms. The van der Waals surface area contributed by atoms with Crippen LogP contribution in [0.4, 0.5) is 0 Å². The molecular weight excluding hydrogens is 186 g/mol. The molecule has 0 aliphatic carbocycles. The quantitative estimate of drug-likeness (QED) is 0.622. The third kappa shape index (κ3) is 1.30. The first kappa shape index (κ1) is 8.48. The van der Waals surface area contributed by atoms with Crippen molar-refractivity contribution in [3.05, 3.63) is 53.7 Å². The summed E-state index contributed by atoms with van der Waals surface area (Å²) in [5, 5.41) is 0. The highest BCUT2D eigenvalue weighted by Crippen LogP contribution is 2.27. The van der Waals surface area contributed by atoms with E-state index in [2.05, 4.69) is 12.1 Å². The van der Waals surface area contributed by atoms with Gasteiger partial charge in [0.25, 0.3) is 0 Å². The standard InChI is InChI=1S/C13H11NO/c15-13-8-10-4-1-2-6-12(10)11-5-3-7-14(13)9-11/h1-7H,8-9H2. The van der Waals surface area contributed by atoms with Gasteiger partial charge in [0.2, 0.25) is 5.91 Å². The number of carbonyl (C=O) groups is 1. The average molecular weight is 197 g/mol. The number of allylic oxidation sites excluding steroid dienone is 2. The van der Waals surface area contributed by atoms with Crippen LogP contribution < -0.4 is 0 Å². The zero-order valence-corrected chi connectivity index (χ0v) is 8.31. The summed E-state index contributed by atoms with van der Waals surface area (Å²) in [4.78, 5) is 13.6. The van der Waals surface area contributed by atoms with Gasteiger partial charge in [-0.25, -0.2) is 0 Å². The van der Waals surface area contributed by atoms with Crippen LogP contribution in [0.3, 0.4) is 0 Å². The molecule has 0 unspecified atom stereocenters. The number of fused-ring (bicyclic) bond motifs is 4. The van der Waals surface area contributed by atoms with Crippen LogP contribution in [0.15, 0.2) is 42.6 Å². The Bertz CT molecular complexity index is 485. The number of benzene rings is 1. The maximum absolute atomic E-state index is 11.8. The van der Waals surface area contributed by atoms with Gasteiger partial charge in [0.15, 0.2) is 0 Å². The van der Waals surface area contributed by atoms with Crippen LogP contribution in [0.5, 0.6) is 0 Å². The lowest BCUT2D eigenvalue weighted by molar-refractivity contribution is -0.127.